The number of halogens is 1. The number of piperazine rings is 1. The molecule has 1 unspecified atom stereocenters. The van der Waals surface area contributed by atoms with Crippen LogP contribution in [0.5, 0.6) is 5.75 Å². The van der Waals surface area contributed by atoms with Crippen molar-refractivity contribution in [1.29, 1.82) is 0 Å². The van der Waals surface area contributed by atoms with E-state index < -0.39 is 11.7 Å². The summed E-state index contributed by atoms with van der Waals surface area (Å²) in [4.78, 5) is 40.2. The average Bonchev–Trinajstić information content (AvgIpc) is 2.79. The van der Waals surface area contributed by atoms with Gasteiger partial charge in [0.25, 0.3) is 5.91 Å². The molecule has 1 N–H and O–H groups in total. The summed E-state index contributed by atoms with van der Waals surface area (Å²) in [6, 6.07) is 10.3. The molecule has 4 rings (SSSR count). The molecule has 9 heteroatoms. The van der Waals surface area contributed by atoms with Gasteiger partial charge in [-0.2, -0.15) is 5.10 Å². The first-order valence-corrected chi connectivity index (χ1v) is 9.91. The molecule has 1 aliphatic heterocycles. The zero-order valence-electron chi connectivity index (χ0n) is 16.9. The van der Waals surface area contributed by atoms with E-state index >= 15 is 4.39 Å². The van der Waals surface area contributed by atoms with E-state index in [9.17, 15) is 19.5 Å². The molecular formula is C22H21FN4O4. The van der Waals surface area contributed by atoms with Gasteiger partial charge in [0.05, 0.1) is 11.6 Å². The number of para-hydroxylation sites is 1. The number of amides is 2. The molecule has 3 aromatic rings. The third kappa shape index (κ3) is 3.74. The molecule has 1 aromatic heterocycles. The molecule has 2 amide bonds. The molecule has 8 nitrogen and oxygen atoms in total. The molecule has 1 atom stereocenters. The first kappa shape index (κ1) is 20.5. The standard InChI is InChI=1S/C22H21FN4O4/c1-2-25-9-10-26(13-19(25)30)22(31)15-6-3-5-14(11-15)21(23)27-20-16(18(29)12-24-27)7-4-8-17(20)28/h3-8,11-12,21,28H,2,9-10,13H2,1H3. The highest BCUT2D eigenvalue weighted by atomic mass is 19.1. The molecular weight excluding hydrogens is 403 g/mol. The molecule has 0 spiro atoms. The molecule has 31 heavy (non-hydrogen) atoms. The number of likely N-dealkylation sites (N-methyl/N-ethyl adjacent to an activating group) is 1. The Labute approximate surface area is 177 Å². The zero-order chi connectivity index (χ0) is 22.1. The van der Waals surface area contributed by atoms with E-state index in [1.54, 1.807) is 17.0 Å². The number of aromatic hydroxyl groups is 1. The van der Waals surface area contributed by atoms with Gasteiger partial charge in [0.2, 0.25) is 17.6 Å². The number of fused-ring (bicyclic) bond motifs is 1. The van der Waals surface area contributed by atoms with Crippen LogP contribution in [0.3, 0.4) is 0 Å². The molecule has 1 fully saturated rings. The fraction of sp³-hybridized carbons (Fsp3) is 0.273. The lowest BCUT2D eigenvalue weighted by molar-refractivity contribution is -0.134. The van der Waals surface area contributed by atoms with Crippen LogP contribution in [0.15, 0.2) is 53.5 Å². The second kappa shape index (κ2) is 8.17. The molecule has 2 heterocycles. The monoisotopic (exact) mass is 424 g/mol. The Morgan fingerprint density at radius 2 is 1.97 bits per heavy atom. The lowest BCUT2D eigenvalue weighted by Crippen LogP contribution is -2.52. The summed E-state index contributed by atoms with van der Waals surface area (Å²) in [6.45, 7) is 3.32. The Bertz CT molecular complexity index is 1230. The van der Waals surface area contributed by atoms with Gasteiger partial charge < -0.3 is 14.9 Å². The van der Waals surface area contributed by atoms with Crippen molar-refractivity contribution >= 4 is 22.7 Å². The summed E-state index contributed by atoms with van der Waals surface area (Å²) in [5.74, 6) is -0.760. The van der Waals surface area contributed by atoms with E-state index in [1.807, 2.05) is 6.92 Å². The van der Waals surface area contributed by atoms with Crippen LogP contribution in [-0.2, 0) is 4.79 Å². The van der Waals surface area contributed by atoms with Crippen LogP contribution in [-0.4, -0.2) is 62.7 Å². The second-order valence-electron chi connectivity index (χ2n) is 7.29. The van der Waals surface area contributed by atoms with Gasteiger partial charge in [0, 0.05) is 30.8 Å². The van der Waals surface area contributed by atoms with Crippen molar-refractivity contribution in [1.82, 2.24) is 19.6 Å². The van der Waals surface area contributed by atoms with Crippen LogP contribution in [0, 0.1) is 0 Å². The van der Waals surface area contributed by atoms with Gasteiger partial charge in [0.1, 0.15) is 17.8 Å². The van der Waals surface area contributed by atoms with Crippen LogP contribution < -0.4 is 5.43 Å². The molecule has 1 aliphatic rings. The number of phenols is 1. The van der Waals surface area contributed by atoms with Crippen LogP contribution >= 0.6 is 0 Å². The molecule has 0 bridgehead atoms. The smallest absolute Gasteiger partial charge is 0.254 e. The summed E-state index contributed by atoms with van der Waals surface area (Å²) in [5, 5.41) is 14.2. The predicted molar refractivity (Wildman–Crippen MR) is 112 cm³/mol. The number of carbonyl (C=O) groups is 2. The van der Waals surface area contributed by atoms with Gasteiger partial charge >= 0.3 is 0 Å². The Hall–Kier alpha value is -3.75. The highest BCUT2D eigenvalue weighted by molar-refractivity contribution is 5.97. The minimum Gasteiger partial charge on any atom is -0.506 e. The Morgan fingerprint density at radius 3 is 2.71 bits per heavy atom. The summed E-state index contributed by atoms with van der Waals surface area (Å²) < 4.78 is 16.4. The lowest BCUT2D eigenvalue weighted by Gasteiger charge is -2.33. The zero-order valence-corrected chi connectivity index (χ0v) is 16.9. The maximum Gasteiger partial charge on any atom is 0.254 e. The number of carbonyl (C=O) groups excluding carboxylic acids is 2. The molecule has 160 valence electrons. The SMILES string of the molecule is CCN1CCN(C(=O)c2cccc(C(F)n3ncc(=O)c4cccc(O)c43)c2)CC1=O. The second-order valence-corrected chi connectivity index (χ2v) is 7.29. The number of alkyl halides is 1. The maximum absolute atomic E-state index is 15.5. The van der Waals surface area contributed by atoms with Gasteiger partial charge in [-0.25, -0.2) is 9.07 Å². The van der Waals surface area contributed by atoms with Crippen molar-refractivity contribution in [3.63, 3.8) is 0 Å². The summed E-state index contributed by atoms with van der Waals surface area (Å²) in [7, 11) is 0. The molecule has 2 aromatic carbocycles. The lowest BCUT2D eigenvalue weighted by atomic mass is 10.1. The minimum absolute atomic E-state index is 0.0181. The molecule has 0 radical (unpaired) electrons. The fourth-order valence-electron chi connectivity index (χ4n) is 3.74. The average molecular weight is 424 g/mol. The normalized spacial score (nSPS) is 15.4. The first-order chi connectivity index (χ1) is 14.9. The van der Waals surface area contributed by atoms with Crippen LogP contribution in [0.25, 0.3) is 10.9 Å². The predicted octanol–water partition coefficient (Wildman–Crippen LogP) is 1.92. The Morgan fingerprint density at radius 1 is 1.19 bits per heavy atom. The van der Waals surface area contributed by atoms with Gasteiger partial charge in [-0.15, -0.1) is 0 Å². The molecule has 0 aliphatic carbocycles. The number of aromatic nitrogens is 2. The minimum atomic E-state index is -1.84. The van der Waals surface area contributed by atoms with E-state index in [0.29, 0.717) is 19.6 Å². The van der Waals surface area contributed by atoms with Crippen molar-refractivity contribution in [3.8, 4) is 5.75 Å². The fourth-order valence-corrected chi connectivity index (χ4v) is 3.74. The van der Waals surface area contributed by atoms with Gasteiger partial charge in [-0.05, 0) is 31.2 Å². The number of nitrogens with zero attached hydrogens (tertiary/aromatic N) is 4. The van der Waals surface area contributed by atoms with Crippen molar-refractivity contribution in [3.05, 3.63) is 70.0 Å². The largest absolute Gasteiger partial charge is 0.506 e. The highest BCUT2D eigenvalue weighted by Gasteiger charge is 2.27. The van der Waals surface area contributed by atoms with Crippen molar-refractivity contribution in [2.75, 3.05) is 26.2 Å². The van der Waals surface area contributed by atoms with Crippen molar-refractivity contribution in [2.24, 2.45) is 0 Å². The Kier molecular flexibility index (Phi) is 5.41. The van der Waals surface area contributed by atoms with E-state index in [0.717, 1.165) is 10.9 Å². The maximum atomic E-state index is 15.5. The van der Waals surface area contributed by atoms with E-state index in [4.69, 9.17) is 0 Å². The number of hydrogen-bond donors (Lipinski definition) is 1. The number of benzene rings is 2. The quantitative estimate of drug-likeness (QED) is 0.691. The number of phenolic OH excluding ortho intramolecular Hbond substituents is 1. The van der Waals surface area contributed by atoms with Crippen molar-refractivity contribution in [2.45, 2.75) is 13.2 Å². The van der Waals surface area contributed by atoms with Gasteiger partial charge in [-0.3, -0.25) is 14.4 Å². The summed E-state index contributed by atoms with van der Waals surface area (Å²) in [6.07, 6.45) is -0.856. The number of hydrogen-bond acceptors (Lipinski definition) is 5. The summed E-state index contributed by atoms with van der Waals surface area (Å²) in [5.41, 5.74) is -0.0905. The van der Waals surface area contributed by atoms with Gasteiger partial charge in [0.15, 0.2) is 0 Å². The molecule has 1 saturated heterocycles. The number of rotatable bonds is 4. The van der Waals surface area contributed by atoms with Crippen LogP contribution in [0.2, 0.25) is 0 Å². The van der Waals surface area contributed by atoms with E-state index in [-0.39, 0.29) is 46.1 Å². The topological polar surface area (TPSA) is 95.7 Å². The first-order valence-electron chi connectivity index (χ1n) is 9.91. The molecule has 0 saturated carbocycles. The van der Waals surface area contributed by atoms with Crippen LogP contribution in [0.1, 0.15) is 29.1 Å². The third-order valence-electron chi connectivity index (χ3n) is 5.42. The highest BCUT2D eigenvalue weighted by Crippen LogP contribution is 2.28. The third-order valence-corrected chi connectivity index (χ3v) is 5.42. The van der Waals surface area contributed by atoms with Crippen molar-refractivity contribution < 1.29 is 19.1 Å². The van der Waals surface area contributed by atoms with Gasteiger partial charge in [-0.1, -0.05) is 18.2 Å². The summed E-state index contributed by atoms with van der Waals surface area (Å²) >= 11 is 0. The van der Waals surface area contributed by atoms with E-state index in [2.05, 4.69) is 5.10 Å². The van der Waals surface area contributed by atoms with E-state index in [1.165, 1.54) is 35.2 Å². The Balaban J connectivity index is 1.66. The van der Waals surface area contributed by atoms with Crippen LogP contribution in [0.4, 0.5) is 4.39 Å².